The summed E-state index contributed by atoms with van der Waals surface area (Å²) in [6.07, 6.45) is 0. The highest BCUT2D eigenvalue weighted by Crippen LogP contribution is 2.33. The standard InChI is InChI=1S/C11H12N2O2S/c1-6(12)10(14)9-7-4-2-3-5-8(7)16-13-11(9)15/h2-6,13,15H,12H2,1H3/t6-/m0/s1. The summed E-state index contributed by atoms with van der Waals surface area (Å²) in [5.74, 6) is -0.385. The molecule has 0 unspecified atom stereocenters. The lowest BCUT2D eigenvalue weighted by molar-refractivity contribution is -0.114. The van der Waals surface area contributed by atoms with E-state index < -0.39 is 6.04 Å². The summed E-state index contributed by atoms with van der Waals surface area (Å²) in [6, 6.07) is 6.76. The Bertz CT molecular complexity index is 469. The van der Waals surface area contributed by atoms with Gasteiger partial charge in [-0.15, -0.1) is 0 Å². The zero-order chi connectivity index (χ0) is 11.7. The average molecular weight is 236 g/mol. The molecular weight excluding hydrogens is 224 g/mol. The summed E-state index contributed by atoms with van der Waals surface area (Å²) in [6.45, 7) is 1.60. The van der Waals surface area contributed by atoms with Crippen LogP contribution in [-0.2, 0) is 4.79 Å². The minimum absolute atomic E-state index is 0.119. The number of hydrogen-bond donors (Lipinski definition) is 3. The van der Waals surface area contributed by atoms with E-state index in [-0.39, 0.29) is 17.2 Å². The van der Waals surface area contributed by atoms with Gasteiger partial charge in [0.25, 0.3) is 0 Å². The number of aliphatic hydroxyl groups is 1. The molecule has 0 radical (unpaired) electrons. The molecule has 0 fully saturated rings. The van der Waals surface area contributed by atoms with Crippen LogP contribution >= 0.6 is 11.9 Å². The van der Waals surface area contributed by atoms with Crippen LogP contribution in [0.4, 0.5) is 0 Å². The maximum Gasteiger partial charge on any atom is 0.206 e. The van der Waals surface area contributed by atoms with Crippen LogP contribution in [0, 0.1) is 0 Å². The Balaban J connectivity index is 2.54. The van der Waals surface area contributed by atoms with Crippen molar-refractivity contribution in [1.29, 1.82) is 0 Å². The van der Waals surface area contributed by atoms with Gasteiger partial charge in [-0.25, -0.2) is 0 Å². The molecule has 4 N–H and O–H groups in total. The van der Waals surface area contributed by atoms with Crippen molar-refractivity contribution in [3.8, 4) is 0 Å². The van der Waals surface area contributed by atoms with Crippen LogP contribution in [-0.4, -0.2) is 16.9 Å². The largest absolute Gasteiger partial charge is 0.494 e. The molecule has 1 atom stereocenters. The lowest BCUT2D eigenvalue weighted by Gasteiger charge is -2.20. The molecule has 0 aliphatic carbocycles. The minimum Gasteiger partial charge on any atom is -0.494 e. The molecule has 1 aliphatic rings. The molecular formula is C11H12N2O2S. The molecule has 1 heterocycles. The topological polar surface area (TPSA) is 75.4 Å². The third-order valence-corrected chi connectivity index (χ3v) is 3.18. The van der Waals surface area contributed by atoms with Gasteiger partial charge in [0.2, 0.25) is 5.88 Å². The third kappa shape index (κ3) is 1.79. The molecule has 5 heteroatoms. The van der Waals surface area contributed by atoms with Crippen molar-refractivity contribution in [3.05, 3.63) is 35.7 Å². The van der Waals surface area contributed by atoms with Crippen molar-refractivity contribution in [2.75, 3.05) is 0 Å². The molecule has 2 rings (SSSR count). The Morgan fingerprint density at radius 3 is 2.88 bits per heavy atom. The predicted molar refractivity (Wildman–Crippen MR) is 63.6 cm³/mol. The number of Topliss-reactive ketones (excluding diaryl/α,β-unsaturated/α-hetero) is 1. The second-order valence-electron chi connectivity index (χ2n) is 3.58. The number of fused-ring (bicyclic) bond motifs is 1. The first-order valence-corrected chi connectivity index (χ1v) is 5.68. The molecule has 16 heavy (non-hydrogen) atoms. The molecule has 1 aliphatic heterocycles. The van der Waals surface area contributed by atoms with E-state index in [0.29, 0.717) is 0 Å². The Kier molecular flexibility index (Phi) is 2.89. The Labute approximate surface area is 97.7 Å². The van der Waals surface area contributed by atoms with Gasteiger partial charge in [-0.05, 0) is 24.9 Å². The molecule has 1 aromatic rings. The van der Waals surface area contributed by atoms with E-state index >= 15 is 0 Å². The number of nitrogens with one attached hydrogen (secondary N) is 1. The summed E-state index contributed by atoms with van der Waals surface area (Å²) in [4.78, 5) is 12.8. The molecule has 0 spiro atoms. The van der Waals surface area contributed by atoms with E-state index in [4.69, 9.17) is 5.73 Å². The number of nitrogens with two attached hydrogens (primary N) is 1. The zero-order valence-electron chi connectivity index (χ0n) is 8.73. The van der Waals surface area contributed by atoms with Gasteiger partial charge in [0, 0.05) is 10.5 Å². The van der Waals surface area contributed by atoms with Crippen molar-refractivity contribution in [3.63, 3.8) is 0 Å². The molecule has 0 bridgehead atoms. The smallest absolute Gasteiger partial charge is 0.206 e. The second-order valence-corrected chi connectivity index (χ2v) is 4.42. The fourth-order valence-electron chi connectivity index (χ4n) is 1.52. The first-order chi connectivity index (χ1) is 7.61. The van der Waals surface area contributed by atoms with E-state index in [1.165, 1.54) is 11.9 Å². The average Bonchev–Trinajstić information content (AvgIpc) is 2.28. The van der Waals surface area contributed by atoms with Gasteiger partial charge < -0.3 is 10.8 Å². The van der Waals surface area contributed by atoms with Gasteiger partial charge in [-0.1, -0.05) is 18.2 Å². The lowest BCUT2D eigenvalue weighted by Crippen LogP contribution is -2.30. The van der Waals surface area contributed by atoms with Crippen molar-refractivity contribution < 1.29 is 9.90 Å². The minimum atomic E-state index is -0.630. The number of carbonyl (C=O) groups excluding carboxylic acids is 1. The molecule has 0 aromatic heterocycles. The highest BCUT2D eigenvalue weighted by atomic mass is 32.2. The van der Waals surface area contributed by atoms with E-state index in [9.17, 15) is 9.90 Å². The fourth-order valence-corrected chi connectivity index (χ4v) is 2.26. The maximum atomic E-state index is 11.9. The van der Waals surface area contributed by atoms with E-state index in [2.05, 4.69) is 4.72 Å². The SMILES string of the molecule is C[C@H](N)C(=O)C1=C(O)NSc2ccccc21. The molecule has 84 valence electrons. The molecule has 0 amide bonds. The van der Waals surface area contributed by atoms with Crippen LogP contribution in [0.2, 0.25) is 0 Å². The summed E-state index contributed by atoms with van der Waals surface area (Å²) < 4.78 is 2.70. The second kappa shape index (κ2) is 4.19. The number of carbonyl (C=O) groups is 1. The first kappa shape index (κ1) is 11.0. The molecule has 0 saturated carbocycles. The fraction of sp³-hybridized carbons (Fsp3) is 0.182. The van der Waals surface area contributed by atoms with Crippen LogP contribution in [0.3, 0.4) is 0 Å². The number of benzene rings is 1. The number of hydrogen-bond acceptors (Lipinski definition) is 5. The Morgan fingerprint density at radius 2 is 2.19 bits per heavy atom. The number of ketones is 1. The van der Waals surface area contributed by atoms with Gasteiger partial charge in [-0.3, -0.25) is 9.52 Å². The highest BCUT2D eigenvalue weighted by molar-refractivity contribution is 7.97. The summed E-state index contributed by atoms with van der Waals surface area (Å²) in [5, 5.41) is 9.71. The molecule has 0 saturated heterocycles. The van der Waals surface area contributed by atoms with Crippen LogP contribution in [0.1, 0.15) is 12.5 Å². The zero-order valence-corrected chi connectivity index (χ0v) is 9.54. The van der Waals surface area contributed by atoms with Crippen LogP contribution in [0.15, 0.2) is 35.0 Å². The summed E-state index contributed by atoms with van der Waals surface area (Å²) in [5.41, 5.74) is 6.55. The van der Waals surface area contributed by atoms with Crippen molar-refractivity contribution in [2.45, 2.75) is 17.9 Å². The van der Waals surface area contributed by atoms with E-state index in [1.807, 2.05) is 18.2 Å². The molecule has 1 aromatic carbocycles. The normalized spacial score (nSPS) is 16.4. The van der Waals surface area contributed by atoms with E-state index in [0.717, 1.165) is 10.5 Å². The van der Waals surface area contributed by atoms with Crippen LogP contribution < -0.4 is 10.5 Å². The monoisotopic (exact) mass is 236 g/mol. The van der Waals surface area contributed by atoms with Crippen molar-refractivity contribution in [1.82, 2.24) is 4.72 Å². The third-order valence-electron chi connectivity index (χ3n) is 2.31. The van der Waals surface area contributed by atoms with E-state index in [1.54, 1.807) is 13.0 Å². The maximum absolute atomic E-state index is 11.9. The van der Waals surface area contributed by atoms with Crippen LogP contribution in [0.25, 0.3) is 5.57 Å². The summed E-state index contributed by atoms with van der Waals surface area (Å²) >= 11 is 1.28. The van der Waals surface area contributed by atoms with Crippen molar-refractivity contribution >= 4 is 23.3 Å². The summed E-state index contributed by atoms with van der Waals surface area (Å²) in [7, 11) is 0. The Morgan fingerprint density at radius 1 is 1.50 bits per heavy atom. The first-order valence-electron chi connectivity index (χ1n) is 4.86. The van der Waals surface area contributed by atoms with Gasteiger partial charge in [0.15, 0.2) is 5.78 Å². The van der Waals surface area contributed by atoms with Crippen LogP contribution in [0.5, 0.6) is 0 Å². The van der Waals surface area contributed by atoms with Gasteiger partial charge in [0.05, 0.1) is 11.6 Å². The lowest BCUT2D eigenvalue weighted by atomic mass is 9.98. The van der Waals surface area contributed by atoms with Gasteiger partial charge >= 0.3 is 0 Å². The quantitative estimate of drug-likeness (QED) is 0.677. The molecule has 4 nitrogen and oxygen atoms in total. The number of rotatable bonds is 2. The van der Waals surface area contributed by atoms with Gasteiger partial charge in [-0.2, -0.15) is 0 Å². The van der Waals surface area contributed by atoms with Gasteiger partial charge in [0.1, 0.15) is 0 Å². The Hall–Kier alpha value is -1.46. The predicted octanol–water partition coefficient (Wildman–Crippen LogP) is 1.44. The highest BCUT2D eigenvalue weighted by Gasteiger charge is 2.26. The van der Waals surface area contributed by atoms with Crippen molar-refractivity contribution in [2.24, 2.45) is 5.73 Å². The number of aliphatic hydroxyl groups excluding tert-OH is 1.